The maximum Gasteiger partial charge on any atom is 0.243 e. The number of nitrogens with one attached hydrogen (secondary N) is 1. The summed E-state index contributed by atoms with van der Waals surface area (Å²) in [7, 11) is 1.51. The normalized spacial score (nSPS) is 11.4. The van der Waals surface area contributed by atoms with Crippen LogP contribution in [0.15, 0.2) is 23.4 Å². The highest BCUT2D eigenvalue weighted by Crippen LogP contribution is 2.19. The zero-order valence-corrected chi connectivity index (χ0v) is 11.8. The molecule has 0 saturated carbocycles. The van der Waals surface area contributed by atoms with Gasteiger partial charge in [0.15, 0.2) is 5.84 Å². The van der Waals surface area contributed by atoms with Gasteiger partial charge in [0.25, 0.3) is 0 Å². The molecule has 1 rings (SSSR count). The Morgan fingerprint density at radius 3 is 2.81 bits per heavy atom. The van der Waals surface area contributed by atoms with Gasteiger partial charge >= 0.3 is 0 Å². The predicted molar refractivity (Wildman–Crippen MR) is 77.2 cm³/mol. The molecule has 0 aliphatic rings. The Bertz CT molecular complexity index is 505. The highest BCUT2D eigenvalue weighted by molar-refractivity contribution is 5.99. The van der Waals surface area contributed by atoms with Gasteiger partial charge in [-0.1, -0.05) is 11.2 Å². The van der Waals surface area contributed by atoms with Gasteiger partial charge in [0.05, 0.1) is 19.3 Å². The van der Waals surface area contributed by atoms with Gasteiger partial charge in [-0.15, -0.1) is 0 Å². The molecule has 1 aromatic rings. The van der Waals surface area contributed by atoms with Gasteiger partial charge in [0, 0.05) is 13.1 Å². The summed E-state index contributed by atoms with van der Waals surface area (Å²) < 4.78 is 10.2. The fourth-order valence-electron chi connectivity index (χ4n) is 1.67. The predicted octanol–water partition coefficient (Wildman–Crippen LogP) is -0.619. The van der Waals surface area contributed by atoms with E-state index in [4.69, 9.17) is 26.1 Å². The van der Waals surface area contributed by atoms with Crippen LogP contribution in [0.3, 0.4) is 0 Å². The number of rotatable bonds is 9. The number of primary amides is 1. The van der Waals surface area contributed by atoms with Crippen LogP contribution in [0.1, 0.15) is 11.1 Å². The van der Waals surface area contributed by atoms with E-state index < -0.39 is 5.91 Å². The van der Waals surface area contributed by atoms with E-state index in [1.54, 1.807) is 12.1 Å². The second-order valence-corrected chi connectivity index (χ2v) is 4.22. The van der Waals surface area contributed by atoms with Crippen molar-refractivity contribution in [3.63, 3.8) is 0 Å². The van der Waals surface area contributed by atoms with Crippen molar-refractivity contribution in [3.8, 4) is 5.75 Å². The molecule has 6 N–H and O–H groups in total. The number of hydrogen-bond donors (Lipinski definition) is 4. The summed E-state index contributed by atoms with van der Waals surface area (Å²) >= 11 is 0. The number of hydrogen-bond acceptors (Lipinski definition) is 6. The Kier molecular flexibility index (Phi) is 6.99. The standard InChI is InChI=1S/C13H20N4O4/c1-20-11-3-2-9(6-10(11)13(15)17-19)7-16-4-5-21-8-12(14)18/h2-3,6,16,19H,4-5,7-8H2,1H3,(H2,14,18)(H2,15,17). The Morgan fingerprint density at radius 1 is 1.43 bits per heavy atom. The average molecular weight is 296 g/mol. The lowest BCUT2D eigenvalue weighted by molar-refractivity contribution is -0.122. The minimum Gasteiger partial charge on any atom is -0.496 e. The van der Waals surface area contributed by atoms with Crippen LogP contribution in [-0.2, 0) is 16.1 Å². The van der Waals surface area contributed by atoms with E-state index in [0.29, 0.717) is 31.0 Å². The van der Waals surface area contributed by atoms with Crippen molar-refractivity contribution in [3.05, 3.63) is 29.3 Å². The fourth-order valence-corrected chi connectivity index (χ4v) is 1.67. The fraction of sp³-hybridized carbons (Fsp3) is 0.385. The Labute approximate surface area is 122 Å². The molecule has 0 atom stereocenters. The molecule has 0 saturated heterocycles. The molecule has 8 heteroatoms. The lowest BCUT2D eigenvalue weighted by atomic mass is 10.1. The molecule has 0 radical (unpaired) electrons. The van der Waals surface area contributed by atoms with Gasteiger partial charge in [0.2, 0.25) is 5.91 Å². The summed E-state index contributed by atoms with van der Waals surface area (Å²) in [5.41, 5.74) is 12.0. The minimum atomic E-state index is -0.492. The number of amides is 1. The SMILES string of the molecule is COc1ccc(CNCCOCC(N)=O)cc1/C(N)=N/O. The summed E-state index contributed by atoms with van der Waals surface area (Å²) in [6.45, 7) is 1.43. The molecule has 0 spiro atoms. The molecule has 0 fully saturated rings. The second kappa shape index (κ2) is 8.77. The molecule has 0 aromatic heterocycles. The second-order valence-electron chi connectivity index (χ2n) is 4.22. The average Bonchev–Trinajstić information content (AvgIpc) is 2.49. The molecule has 1 amide bonds. The Hall–Kier alpha value is -2.32. The van der Waals surface area contributed by atoms with Crippen LogP contribution in [0.25, 0.3) is 0 Å². The largest absolute Gasteiger partial charge is 0.496 e. The summed E-state index contributed by atoms with van der Waals surface area (Å²) in [6.07, 6.45) is 0. The molecule has 0 aliphatic heterocycles. The number of oxime groups is 1. The van der Waals surface area contributed by atoms with Crippen LogP contribution in [0.2, 0.25) is 0 Å². The number of methoxy groups -OCH3 is 1. The van der Waals surface area contributed by atoms with Crippen LogP contribution in [0.5, 0.6) is 5.75 Å². The van der Waals surface area contributed by atoms with E-state index in [1.807, 2.05) is 6.07 Å². The monoisotopic (exact) mass is 296 g/mol. The van der Waals surface area contributed by atoms with Crippen LogP contribution in [-0.4, -0.2) is 43.8 Å². The van der Waals surface area contributed by atoms with Crippen molar-refractivity contribution in [2.75, 3.05) is 26.9 Å². The summed E-state index contributed by atoms with van der Waals surface area (Å²) in [5.74, 6) is 0.0193. The third-order valence-electron chi connectivity index (χ3n) is 2.64. The van der Waals surface area contributed by atoms with Crippen molar-refractivity contribution in [1.29, 1.82) is 0 Å². The van der Waals surface area contributed by atoms with E-state index in [-0.39, 0.29) is 12.4 Å². The number of nitrogens with zero attached hydrogens (tertiary/aromatic N) is 1. The molecular formula is C13H20N4O4. The van der Waals surface area contributed by atoms with E-state index in [1.165, 1.54) is 7.11 Å². The summed E-state index contributed by atoms with van der Waals surface area (Å²) in [5, 5.41) is 14.9. The van der Waals surface area contributed by atoms with Crippen molar-refractivity contribution in [2.24, 2.45) is 16.6 Å². The highest BCUT2D eigenvalue weighted by Gasteiger charge is 2.08. The molecule has 0 heterocycles. The van der Waals surface area contributed by atoms with Crippen molar-refractivity contribution in [2.45, 2.75) is 6.54 Å². The van der Waals surface area contributed by atoms with E-state index in [2.05, 4.69) is 10.5 Å². The quantitative estimate of drug-likeness (QED) is 0.158. The van der Waals surface area contributed by atoms with Crippen LogP contribution >= 0.6 is 0 Å². The van der Waals surface area contributed by atoms with Gasteiger partial charge in [-0.2, -0.15) is 0 Å². The molecule has 1 aromatic carbocycles. The molecule has 0 bridgehead atoms. The van der Waals surface area contributed by atoms with Crippen molar-refractivity contribution >= 4 is 11.7 Å². The first kappa shape index (κ1) is 16.7. The van der Waals surface area contributed by atoms with E-state index in [9.17, 15) is 4.79 Å². The van der Waals surface area contributed by atoms with E-state index in [0.717, 1.165) is 5.56 Å². The van der Waals surface area contributed by atoms with Crippen molar-refractivity contribution < 1.29 is 19.5 Å². The maximum atomic E-state index is 10.5. The molecule has 0 unspecified atom stereocenters. The third kappa shape index (κ3) is 5.67. The first-order valence-corrected chi connectivity index (χ1v) is 6.30. The number of nitrogens with two attached hydrogens (primary N) is 2. The first-order valence-electron chi connectivity index (χ1n) is 6.30. The maximum absolute atomic E-state index is 10.5. The molecule has 0 aliphatic carbocycles. The first-order chi connectivity index (χ1) is 10.1. The van der Waals surface area contributed by atoms with Gasteiger partial charge in [-0.25, -0.2) is 0 Å². The minimum absolute atomic E-state index is 0.0153. The Morgan fingerprint density at radius 2 is 2.19 bits per heavy atom. The molecule has 8 nitrogen and oxygen atoms in total. The lowest BCUT2D eigenvalue weighted by Gasteiger charge is -2.10. The third-order valence-corrected chi connectivity index (χ3v) is 2.64. The molecule has 21 heavy (non-hydrogen) atoms. The number of benzene rings is 1. The molecular weight excluding hydrogens is 276 g/mol. The van der Waals surface area contributed by atoms with Gasteiger partial charge < -0.3 is 31.5 Å². The van der Waals surface area contributed by atoms with E-state index >= 15 is 0 Å². The number of amidine groups is 1. The van der Waals surface area contributed by atoms with Gasteiger partial charge in [-0.3, -0.25) is 4.79 Å². The van der Waals surface area contributed by atoms with Gasteiger partial charge in [-0.05, 0) is 17.7 Å². The highest BCUT2D eigenvalue weighted by atomic mass is 16.5. The number of carbonyl (C=O) groups is 1. The topological polar surface area (TPSA) is 132 Å². The number of ether oxygens (including phenoxy) is 2. The Balaban J connectivity index is 2.51. The van der Waals surface area contributed by atoms with Crippen LogP contribution < -0.4 is 21.5 Å². The lowest BCUT2D eigenvalue weighted by Crippen LogP contribution is -2.24. The van der Waals surface area contributed by atoms with Crippen molar-refractivity contribution in [1.82, 2.24) is 5.32 Å². The number of carbonyl (C=O) groups excluding carboxylic acids is 1. The van der Waals surface area contributed by atoms with Crippen LogP contribution in [0.4, 0.5) is 0 Å². The molecule has 116 valence electrons. The zero-order valence-electron chi connectivity index (χ0n) is 11.8. The van der Waals surface area contributed by atoms with Gasteiger partial charge in [0.1, 0.15) is 12.4 Å². The summed E-state index contributed by atoms with van der Waals surface area (Å²) in [6, 6.07) is 5.38. The zero-order chi connectivity index (χ0) is 15.7. The summed E-state index contributed by atoms with van der Waals surface area (Å²) in [4.78, 5) is 10.5. The van der Waals surface area contributed by atoms with Crippen LogP contribution in [0, 0.1) is 0 Å². The smallest absolute Gasteiger partial charge is 0.243 e.